The Morgan fingerprint density at radius 1 is 1.26 bits per heavy atom. The fourth-order valence-corrected chi connectivity index (χ4v) is 2.47. The number of carbonyl (C=O) groups is 1. The summed E-state index contributed by atoms with van der Waals surface area (Å²) in [4.78, 5) is 17.3. The van der Waals surface area contributed by atoms with Crippen LogP contribution in [0.5, 0.6) is 0 Å². The Hall–Kier alpha value is -2.40. The van der Waals surface area contributed by atoms with Crippen molar-refractivity contribution >= 4 is 23.2 Å². The Balaban J connectivity index is 1.56. The van der Waals surface area contributed by atoms with Gasteiger partial charge in [0.1, 0.15) is 5.82 Å². The smallest absolute Gasteiger partial charge is 0.264 e. The van der Waals surface area contributed by atoms with E-state index in [-0.39, 0.29) is 11.7 Å². The zero-order valence-electron chi connectivity index (χ0n) is 12.1. The van der Waals surface area contributed by atoms with Gasteiger partial charge in [-0.15, -0.1) is 0 Å². The SMILES string of the molecule is O=C(NCc1ccccc1Cl)C1CC(c2ccc(F)cc2)=NO1. The molecule has 0 aliphatic carbocycles. The highest BCUT2D eigenvalue weighted by molar-refractivity contribution is 6.31. The van der Waals surface area contributed by atoms with E-state index in [1.807, 2.05) is 18.2 Å². The molecule has 2 aromatic rings. The van der Waals surface area contributed by atoms with E-state index in [2.05, 4.69) is 10.5 Å². The lowest BCUT2D eigenvalue weighted by Crippen LogP contribution is -2.34. The molecule has 1 atom stereocenters. The van der Waals surface area contributed by atoms with Crippen LogP contribution < -0.4 is 5.32 Å². The second-order valence-corrected chi connectivity index (χ2v) is 5.56. The quantitative estimate of drug-likeness (QED) is 0.934. The summed E-state index contributed by atoms with van der Waals surface area (Å²) < 4.78 is 12.9. The van der Waals surface area contributed by atoms with E-state index in [4.69, 9.17) is 16.4 Å². The normalized spacial score (nSPS) is 16.6. The molecule has 2 aromatic carbocycles. The average Bonchev–Trinajstić information content (AvgIpc) is 3.04. The molecule has 1 aliphatic rings. The first-order valence-corrected chi connectivity index (χ1v) is 7.51. The molecule has 1 heterocycles. The van der Waals surface area contributed by atoms with Crippen molar-refractivity contribution in [1.29, 1.82) is 0 Å². The lowest BCUT2D eigenvalue weighted by molar-refractivity contribution is -0.131. The van der Waals surface area contributed by atoms with E-state index < -0.39 is 6.10 Å². The van der Waals surface area contributed by atoms with Crippen LogP contribution in [0.15, 0.2) is 53.7 Å². The highest BCUT2D eigenvalue weighted by Gasteiger charge is 2.28. The second kappa shape index (κ2) is 6.79. The Morgan fingerprint density at radius 2 is 2.00 bits per heavy atom. The van der Waals surface area contributed by atoms with E-state index in [1.54, 1.807) is 18.2 Å². The van der Waals surface area contributed by atoms with Crippen molar-refractivity contribution in [3.8, 4) is 0 Å². The maximum Gasteiger partial charge on any atom is 0.264 e. The summed E-state index contributed by atoms with van der Waals surface area (Å²) >= 11 is 6.05. The molecule has 23 heavy (non-hydrogen) atoms. The molecular formula is C17H14ClFN2O2. The number of oxime groups is 1. The highest BCUT2D eigenvalue weighted by Crippen LogP contribution is 2.18. The minimum atomic E-state index is -0.683. The van der Waals surface area contributed by atoms with Gasteiger partial charge < -0.3 is 10.2 Å². The van der Waals surface area contributed by atoms with E-state index >= 15 is 0 Å². The van der Waals surface area contributed by atoms with E-state index in [1.165, 1.54) is 12.1 Å². The maximum absolute atomic E-state index is 12.9. The first kappa shape index (κ1) is 15.5. The summed E-state index contributed by atoms with van der Waals surface area (Å²) in [5.74, 6) is -0.576. The van der Waals surface area contributed by atoms with Gasteiger partial charge in [0.05, 0.1) is 5.71 Å². The number of carbonyl (C=O) groups excluding carboxylic acids is 1. The van der Waals surface area contributed by atoms with Crippen LogP contribution in [0.25, 0.3) is 0 Å². The summed E-state index contributed by atoms with van der Waals surface area (Å²) in [5.41, 5.74) is 2.20. The van der Waals surface area contributed by atoms with Crippen LogP contribution >= 0.6 is 11.6 Å². The van der Waals surface area contributed by atoms with Crippen molar-refractivity contribution in [2.24, 2.45) is 5.16 Å². The van der Waals surface area contributed by atoms with Crippen LogP contribution in [0.3, 0.4) is 0 Å². The van der Waals surface area contributed by atoms with Crippen LogP contribution in [-0.4, -0.2) is 17.7 Å². The fourth-order valence-electron chi connectivity index (χ4n) is 2.27. The molecule has 0 saturated carbocycles. The molecule has 0 saturated heterocycles. The molecular weight excluding hydrogens is 319 g/mol. The lowest BCUT2D eigenvalue weighted by atomic mass is 10.0. The summed E-state index contributed by atoms with van der Waals surface area (Å²) in [6, 6.07) is 13.2. The Labute approximate surface area is 137 Å². The minimum absolute atomic E-state index is 0.259. The van der Waals surface area contributed by atoms with Crippen molar-refractivity contribution in [2.45, 2.75) is 19.1 Å². The molecule has 1 unspecified atom stereocenters. The standard InChI is InChI=1S/C17H14ClFN2O2/c18-14-4-2-1-3-12(14)10-20-17(22)16-9-15(21-23-16)11-5-7-13(19)8-6-11/h1-8,16H,9-10H2,(H,20,22). The molecule has 0 bridgehead atoms. The molecule has 0 aromatic heterocycles. The van der Waals surface area contributed by atoms with Gasteiger partial charge in [0.2, 0.25) is 6.10 Å². The van der Waals surface area contributed by atoms with Crippen LogP contribution in [0.4, 0.5) is 4.39 Å². The van der Waals surface area contributed by atoms with Gasteiger partial charge in [0, 0.05) is 18.0 Å². The lowest BCUT2D eigenvalue weighted by Gasteiger charge is -2.10. The summed E-state index contributed by atoms with van der Waals surface area (Å²) in [7, 11) is 0. The van der Waals surface area contributed by atoms with Crippen molar-refractivity contribution in [1.82, 2.24) is 5.32 Å². The topological polar surface area (TPSA) is 50.7 Å². The fraction of sp³-hybridized carbons (Fsp3) is 0.176. The molecule has 1 aliphatic heterocycles. The number of hydrogen-bond acceptors (Lipinski definition) is 3. The molecule has 6 heteroatoms. The minimum Gasteiger partial charge on any atom is -0.382 e. The maximum atomic E-state index is 12.9. The number of hydrogen-bond donors (Lipinski definition) is 1. The zero-order valence-corrected chi connectivity index (χ0v) is 12.9. The number of nitrogens with one attached hydrogen (secondary N) is 1. The molecule has 1 amide bonds. The number of rotatable bonds is 4. The van der Waals surface area contributed by atoms with Crippen molar-refractivity contribution in [2.75, 3.05) is 0 Å². The summed E-state index contributed by atoms with van der Waals surface area (Å²) in [6.07, 6.45) is -0.336. The highest BCUT2D eigenvalue weighted by atomic mass is 35.5. The largest absolute Gasteiger partial charge is 0.382 e. The predicted molar refractivity (Wildman–Crippen MR) is 85.7 cm³/mol. The second-order valence-electron chi connectivity index (χ2n) is 5.15. The third kappa shape index (κ3) is 3.68. The van der Waals surface area contributed by atoms with Crippen LogP contribution in [-0.2, 0) is 16.2 Å². The zero-order chi connectivity index (χ0) is 16.2. The van der Waals surface area contributed by atoms with Crippen LogP contribution in [0.2, 0.25) is 5.02 Å². The average molecular weight is 333 g/mol. The van der Waals surface area contributed by atoms with Gasteiger partial charge in [-0.25, -0.2) is 4.39 Å². The van der Waals surface area contributed by atoms with Crippen LogP contribution in [0.1, 0.15) is 17.5 Å². The molecule has 1 N–H and O–H groups in total. The van der Waals surface area contributed by atoms with E-state index in [0.717, 1.165) is 11.1 Å². The Bertz CT molecular complexity index is 747. The van der Waals surface area contributed by atoms with Gasteiger partial charge >= 0.3 is 0 Å². The van der Waals surface area contributed by atoms with Crippen LogP contribution in [0, 0.1) is 5.82 Å². The first-order valence-electron chi connectivity index (χ1n) is 7.13. The van der Waals surface area contributed by atoms with Gasteiger partial charge in [0.25, 0.3) is 5.91 Å². The number of benzene rings is 2. The van der Waals surface area contributed by atoms with Gasteiger partial charge in [-0.2, -0.15) is 0 Å². The van der Waals surface area contributed by atoms with E-state index in [0.29, 0.717) is 23.7 Å². The molecule has 4 nitrogen and oxygen atoms in total. The Kier molecular flexibility index (Phi) is 4.57. The van der Waals surface area contributed by atoms with Gasteiger partial charge in [-0.3, -0.25) is 4.79 Å². The van der Waals surface area contributed by atoms with Gasteiger partial charge in [-0.1, -0.05) is 47.1 Å². The third-order valence-electron chi connectivity index (χ3n) is 3.55. The molecule has 0 fully saturated rings. The predicted octanol–water partition coefficient (Wildman–Crippen LogP) is 3.29. The number of halogens is 2. The Morgan fingerprint density at radius 3 is 2.74 bits per heavy atom. The van der Waals surface area contributed by atoms with E-state index in [9.17, 15) is 9.18 Å². The van der Waals surface area contributed by atoms with Gasteiger partial charge in [0.15, 0.2) is 0 Å². The molecule has 3 rings (SSSR count). The summed E-state index contributed by atoms with van der Waals surface area (Å²) in [6.45, 7) is 0.324. The van der Waals surface area contributed by atoms with Crippen molar-refractivity contribution in [3.63, 3.8) is 0 Å². The van der Waals surface area contributed by atoms with Gasteiger partial charge in [-0.05, 0) is 29.3 Å². The summed E-state index contributed by atoms with van der Waals surface area (Å²) in [5, 5.41) is 7.30. The van der Waals surface area contributed by atoms with Crippen molar-refractivity contribution in [3.05, 3.63) is 70.5 Å². The molecule has 0 spiro atoms. The number of amides is 1. The monoisotopic (exact) mass is 332 g/mol. The molecule has 0 radical (unpaired) electrons. The third-order valence-corrected chi connectivity index (χ3v) is 3.92. The van der Waals surface area contributed by atoms with Crippen molar-refractivity contribution < 1.29 is 14.0 Å². The molecule has 118 valence electrons. The number of nitrogens with zero attached hydrogens (tertiary/aromatic N) is 1. The first-order chi connectivity index (χ1) is 11.1.